The van der Waals surface area contributed by atoms with Gasteiger partial charge in [0.25, 0.3) is 11.8 Å². The van der Waals surface area contributed by atoms with Crippen LogP contribution in [0.3, 0.4) is 0 Å². The number of fused-ring (bicyclic) bond motifs is 1. The Kier molecular flexibility index (Phi) is 6.79. The average molecular weight is 485 g/mol. The van der Waals surface area contributed by atoms with Crippen molar-refractivity contribution in [3.05, 3.63) is 24.3 Å². The summed E-state index contributed by atoms with van der Waals surface area (Å²) in [5, 5.41) is 6.34. The Balaban J connectivity index is 1.36. The molecule has 4 rings (SSSR count). The minimum absolute atomic E-state index is 0.0950. The maximum atomic E-state index is 13.2. The van der Waals surface area contributed by atoms with E-state index in [2.05, 4.69) is 23.0 Å². The Morgan fingerprint density at radius 2 is 1.80 bits per heavy atom. The number of para-hydroxylation sites is 2. The first-order valence-corrected chi connectivity index (χ1v) is 12.0. The number of likely N-dealkylation sites (N-methyl/N-ethyl adjacent to an activating group) is 1. The van der Waals surface area contributed by atoms with E-state index in [1.165, 1.54) is 4.90 Å². The predicted molar refractivity (Wildman–Crippen MR) is 128 cm³/mol. The van der Waals surface area contributed by atoms with Gasteiger partial charge in [-0.15, -0.1) is 0 Å². The van der Waals surface area contributed by atoms with Crippen molar-refractivity contribution < 1.29 is 24.0 Å². The van der Waals surface area contributed by atoms with Gasteiger partial charge in [-0.3, -0.25) is 29.5 Å². The number of hydrogen-bond acceptors (Lipinski definition) is 6. The summed E-state index contributed by atoms with van der Waals surface area (Å²) in [7, 11) is 1.60. The minimum Gasteiger partial charge on any atom is -0.324 e. The van der Waals surface area contributed by atoms with Crippen LogP contribution in [0.25, 0.3) is 0 Å². The molecule has 2 aliphatic heterocycles. The highest BCUT2D eigenvalue weighted by atomic mass is 16.2. The van der Waals surface area contributed by atoms with Crippen LogP contribution in [0.15, 0.2) is 24.3 Å². The van der Waals surface area contributed by atoms with Gasteiger partial charge in [-0.25, -0.2) is 4.79 Å². The Labute approximate surface area is 204 Å². The summed E-state index contributed by atoms with van der Waals surface area (Å²) >= 11 is 0. The number of anilines is 2. The third kappa shape index (κ3) is 5.00. The zero-order chi connectivity index (χ0) is 25.3. The van der Waals surface area contributed by atoms with E-state index in [4.69, 9.17) is 0 Å². The smallest absolute Gasteiger partial charge is 0.324 e. The summed E-state index contributed by atoms with van der Waals surface area (Å²) < 4.78 is 0. The van der Waals surface area contributed by atoms with Crippen molar-refractivity contribution in [2.24, 2.45) is 5.92 Å². The van der Waals surface area contributed by atoms with Gasteiger partial charge in [0.05, 0.1) is 24.5 Å². The zero-order valence-corrected chi connectivity index (χ0v) is 20.3. The molecule has 0 aromatic heterocycles. The lowest BCUT2D eigenvalue weighted by molar-refractivity contribution is -0.140. The van der Waals surface area contributed by atoms with E-state index in [0.717, 1.165) is 17.9 Å². The number of imide groups is 1. The lowest BCUT2D eigenvalue weighted by atomic mass is 9.77. The molecular formula is C24H32N6O5. The van der Waals surface area contributed by atoms with Gasteiger partial charge in [0, 0.05) is 12.5 Å². The standard InChI is InChI=1S/C24H32N6O5/c1-15-8-10-24(11-9-15)22(34)30(23(35)26-24)27-20(32)13-28(3)14-21(33)29-16(2)12-19(31)25-17-6-4-5-7-18(17)29/h4-7,15-16H,8-14H2,1-3H3,(H,25,31)(H,26,35)(H,27,32). The van der Waals surface area contributed by atoms with Crippen LogP contribution in [0, 0.1) is 5.92 Å². The molecule has 35 heavy (non-hydrogen) atoms. The molecule has 1 atom stereocenters. The second-order valence-electron chi connectivity index (χ2n) is 9.92. The van der Waals surface area contributed by atoms with Gasteiger partial charge in [0.15, 0.2) is 0 Å². The lowest BCUT2D eigenvalue weighted by Gasteiger charge is -2.33. The predicted octanol–water partition coefficient (Wildman–Crippen LogP) is 1.21. The van der Waals surface area contributed by atoms with E-state index in [-0.39, 0.29) is 37.4 Å². The third-order valence-corrected chi connectivity index (χ3v) is 6.97. The fraction of sp³-hybridized carbons (Fsp3) is 0.542. The number of nitrogens with zero attached hydrogens (tertiary/aromatic N) is 3. The van der Waals surface area contributed by atoms with Gasteiger partial charge >= 0.3 is 6.03 Å². The highest BCUT2D eigenvalue weighted by Crippen LogP contribution is 2.36. The molecule has 2 fully saturated rings. The highest BCUT2D eigenvalue weighted by Gasteiger charge is 2.52. The fourth-order valence-electron chi connectivity index (χ4n) is 5.05. The second-order valence-corrected chi connectivity index (χ2v) is 9.92. The number of hydrogen-bond donors (Lipinski definition) is 3. The molecule has 1 saturated heterocycles. The van der Waals surface area contributed by atoms with Crippen LogP contribution in [-0.2, 0) is 19.2 Å². The number of carbonyl (C=O) groups is 5. The fourth-order valence-corrected chi connectivity index (χ4v) is 5.05. The maximum absolute atomic E-state index is 13.2. The van der Waals surface area contributed by atoms with Crippen LogP contribution in [0.4, 0.5) is 16.2 Å². The van der Waals surface area contributed by atoms with E-state index < -0.39 is 23.4 Å². The summed E-state index contributed by atoms with van der Waals surface area (Å²) in [5.74, 6) is -0.971. The SMILES string of the molecule is CC1CCC2(CC1)NC(=O)N(NC(=O)CN(C)CC(=O)N1c3ccccc3NC(=O)CC1C)C2=O. The van der Waals surface area contributed by atoms with Crippen molar-refractivity contribution in [2.75, 3.05) is 30.4 Å². The molecule has 1 spiro atoms. The van der Waals surface area contributed by atoms with Gasteiger partial charge in [-0.05, 0) is 57.7 Å². The number of rotatable bonds is 5. The Morgan fingerprint density at radius 3 is 2.51 bits per heavy atom. The van der Waals surface area contributed by atoms with Gasteiger partial charge in [0.2, 0.25) is 11.8 Å². The number of carbonyl (C=O) groups excluding carboxylic acids is 5. The van der Waals surface area contributed by atoms with Crippen LogP contribution in [0.1, 0.15) is 46.0 Å². The monoisotopic (exact) mass is 484 g/mol. The minimum atomic E-state index is -0.944. The van der Waals surface area contributed by atoms with E-state index in [1.807, 2.05) is 0 Å². The van der Waals surface area contributed by atoms with Crippen molar-refractivity contribution >= 4 is 41.0 Å². The molecule has 188 valence electrons. The first-order valence-electron chi connectivity index (χ1n) is 12.0. The molecule has 1 aromatic rings. The Bertz CT molecular complexity index is 1050. The number of benzene rings is 1. The topological polar surface area (TPSA) is 131 Å². The number of urea groups is 1. The number of amides is 6. The summed E-state index contributed by atoms with van der Waals surface area (Å²) in [6.07, 6.45) is 2.91. The molecule has 1 aliphatic carbocycles. The molecule has 11 nitrogen and oxygen atoms in total. The normalized spacial score (nSPS) is 26.3. The van der Waals surface area contributed by atoms with Crippen LogP contribution in [-0.4, -0.2) is 71.3 Å². The molecule has 0 radical (unpaired) electrons. The summed E-state index contributed by atoms with van der Waals surface area (Å²) in [5.41, 5.74) is 2.61. The van der Waals surface area contributed by atoms with Crippen LogP contribution in [0.2, 0.25) is 0 Å². The van der Waals surface area contributed by atoms with Crippen LogP contribution < -0.4 is 21.0 Å². The third-order valence-electron chi connectivity index (χ3n) is 6.97. The van der Waals surface area contributed by atoms with Gasteiger partial charge in [-0.2, -0.15) is 5.01 Å². The van der Waals surface area contributed by atoms with E-state index >= 15 is 0 Å². The summed E-state index contributed by atoms with van der Waals surface area (Å²) in [6, 6.07) is 6.07. The molecule has 1 aromatic carbocycles. The van der Waals surface area contributed by atoms with Crippen LogP contribution in [0.5, 0.6) is 0 Å². The number of hydrazine groups is 1. The molecule has 6 amide bonds. The van der Waals surface area contributed by atoms with Gasteiger partial charge in [0.1, 0.15) is 5.54 Å². The summed E-state index contributed by atoms with van der Waals surface area (Å²) in [6.45, 7) is 3.62. The van der Waals surface area contributed by atoms with Gasteiger partial charge < -0.3 is 15.5 Å². The molecular weight excluding hydrogens is 452 g/mol. The van der Waals surface area contributed by atoms with Crippen molar-refractivity contribution in [3.63, 3.8) is 0 Å². The van der Waals surface area contributed by atoms with Crippen molar-refractivity contribution in [1.82, 2.24) is 20.7 Å². The van der Waals surface area contributed by atoms with Crippen LogP contribution >= 0.6 is 0 Å². The molecule has 0 bridgehead atoms. The molecule has 3 aliphatic rings. The lowest BCUT2D eigenvalue weighted by Crippen LogP contribution is -2.53. The van der Waals surface area contributed by atoms with Crippen molar-refractivity contribution in [3.8, 4) is 0 Å². The molecule has 11 heteroatoms. The van der Waals surface area contributed by atoms with E-state index in [0.29, 0.717) is 30.1 Å². The second kappa shape index (κ2) is 9.65. The Morgan fingerprint density at radius 1 is 1.11 bits per heavy atom. The van der Waals surface area contributed by atoms with Crippen molar-refractivity contribution in [1.29, 1.82) is 0 Å². The largest absolute Gasteiger partial charge is 0.344 e. The maximum Gasteiger partial charge on any atom is 0.344 e. The van der Waals surface area contributed by atoms with E-state index in [1.54, 1.807) is 43.1 Å². The Hall–Kier alpha value is -3.47. The first kappa shape index (κ1) is 24.6. The summed E-state index contributed by atoms with van der Waals surface area (Å²) in [4.78, 5) is 66.4. The molecule has 3 N–H and O–H groups in total. The quantitative estimate of drug-likeness (QED) is 0.539. The number of nitrogens with one attached hydrogen (secondary N) is 3. The van der Waals surface area contributed by atoms with Crippen molar-refractivity contribution in [2.45, 2.75) is 57.5 Å². The highest BCUT2D eigenvalue weighted by molar-refractivity contribution is 6.08. The van der Waals surface area contributed by atoms with Gasteiger partial charge in [-0.1, -0.05) is 19.1 Å². The first-order chi connectivity index (χ1) is 16.6. The zero-order valence-electron chi connectivity index (χ0n) is 20.3. The van der Waals surface area contributed by atoms with E-state index in [9.17, 15) is 24.0 Å². The molecule has 1 unspecified atom stereocenters. The molecule has 2 heterocycles. The average Bonchev–Trinajstić information content (AvgIpc) is 2.92. The molecule has 1 saturated carbocycles.